The Kier molecular flexibility index (Phi) is 4.24. The van der Waals surface area contributed by atoms with Crippen LogP contribution < -0.4 is 16.2 Å². The van der Waals surface area contributed by atoms with Crippen molar-refractivity contribution in [1.29, 1.82) is 0 Å². The van der Waals surface area contributed by atoms with E-state index in [0.29, 0.717) is 24.0 Å². The zero-order chi connectivity index (χ0) is 15.5. The largest absolute Gasteiger partial charge is 0.449 e. The van der Waals surface area contributed by atoms with Gasteiger partial charge in [0.2, 0.25) is 0 Å². The first-order valence-corrected chi connectivity index (χ1v) is 7.59. The third-order valence-electron chi connectivity index (χ3n) is 4.15. The van der Waals surface area contributed by atoms with E-state index in [1.54, 1.807) is 25.5 Å². The van der Waals surface area contributed by atoms with E-state index in [9.17, 15) is 4.79 Å². The SMILES string of the molecule is Cc1nc(Cn2ncc(N3CCC(CN)CC3)cc2=O)co1. The number of nitrogens with two attached hydrogens (primary N) is 1. The van der Waals surface area contributed by atoms with Crippen LogP contribution in [-0.2, 0) is 6.54 Å². The Labute approximate surface area is 128 Å². The Morgan fingerprint density at radius 2 is 2.18 bits per heavy atom. The zero-order valence-corrected chi connectivity index (χ0v) is 12.7. The van der Waals surface area contributed by atoms with Gasteiger partial charge in [0.1, 0.15) is 12.0 Å². The highest BCUT2D eigenvalue weighted by molar-refractivity contribution is 5.43. The maximum Gasteiger partial charge on any atom is 0.269 e. The van der Waals surface area contributed by atoms with Crippen molar-refractivity contribution >= 4 is 5.69 Å². The molecule has 118 valence electrons. The van der Waals surface area contributed by atoms with Crippen molar-refractivity contribution in [2.45, 2.75) is 26.3 Å². The van der Waals surface area contributed by atoms with Crippen LogP contribution in [0, 0.1) is 12.8 Å². The first-order chi connectivity index (χ1) is 10.7. The van der Waals surface area contributed by atoms with E-state index in [2.05, 4.69) is 15.0 Å². The van der Waals surface area contributed by atoms with Crippen molar-refractivity contribution in [3.05, 3.63) is 40.5 Å². The van der Waals surface area contributed by atoms with Crippen LogP contribution in [0.1, 0.15) is 24.4 Å². The summed E-state index contributed by atoms with van der Waals surface area (Å²) in [6.07, 6.45) is 5.43. The van der Waals surface area contributed by atoms with E-state index in [-0.39, 0.29) is 5.56 Å². The van der Waals surface area contributed by atoms with Gasteiger partial charge < -0.3 is 15.1 Å². The number of rotatable bonds is 4. The van der Waals surface area contributed by atoms with Crippen LogP contribution in [0.15, 0.2) is 27.7 Å². The third kappa shape index (κ3) is 3.19. The monoisotopic (exact) mass is 303 g/mol. The van der Waals surface area contributed by atoms with Gasteiger partial charge in [0.15, 0.2) is 5.89 Å². The van der Waals surface area contributed by atoms with Crippen LogP contribution >= 0.6 is 0 Å². The molecule has 3 heterocycles. The summed E-state index contributed by atoms with van der Waals surface area (Å²) >= 11 is 0. The van der Waals surface area contributed by atoms with Crippen LogP contribution in [0.3, 0.4) is 0 Å². The van der Waals surface area contributed by atoms with Gasteiger partial charge in [0, 0.05) is 26.1 Å². The lowest BCUT2D eigenvalue weighted by Gasteiger charge is -2.32. The van der Waals surface area contributed by atoms with Crippen molar-refractivity contribution in [3.63, 3.8) is 0 Å². The molecule has 0 aliphatic carbocycles. The number of aromatic nitrogens is 3. The topological polar surface area (TPSA) is 90.2 Å². The minimum atomic E-state index is -0.126. The van der Waals surface area contributed by atoms with Gasteiger partial charge in [-0.3, -0.25) is 4.79 Å². The second kappa shape index (κ2) is 6.31. The van der Waals surface area contributed by atoms with Crippen LogP contribution in [-0.4, -0.2) is 34.4 Å². The Hall–Kier alpha value is -2.15. The highest BCUT2D eigenvalue weighted by atomic mass is 16.3. The summed E-state index contributed by atoms with van der Waals surface area (Å²) in [5, 5.41) is 4.25. The Morgan fingerprint density at radius 1 is 1.41 bits per heavy atom. The number of hydrogen-bond acceptors (Lipinski definition) is 6. The molecule has 0 saturated carbocycles. The second-order valence-corrected chi connectivity index (χ2v) is 5.73. The molecular formula is C15H21N5O2. The summed E-state index contributed by atoms with van der Waals surface area (Å²) in [6.45, 7) is 4.69. The fourth-order valence-corrected chi connectivity index (χ4v) is 2.78. The molecule has 0 radical (unpaired) electrons. The van der Waals surface area contributed by atoms with Gasteiger partial charge in [0.25, 0.3) is 5.56 Å². The van der Waals surface area contributed by atoms with E-state index in [0.717, 1.165) is 38.2 Å². The number of oxazole rings is 1. The van der Waals surface area contributed by atoms with E-state index < -0.39 is 0 Å². The standard InChI is InChI=1S/C15H21N5O2/c1-11-18-13(10-22-11)9-20-15(21)6-14(8-17-20)19-4-2-12(7-16)3-5-19/h6,8,10,12H,2-5,7,9,16H2,1H3. The normalized spacial score (nSPS) is 16.2. The van der Waals surface area contributed by atoms with Gasteiger partial charge in [-0.15, -0.1) is 0 Å². The molecule has 22 heavy (non-hydrogen) atoms. The van der Waals surface area contributed by atoms with E-state index in [4.69, 9.17) is 10.2 Å². The molecule has 2 aromatic heterocycles. The number of aryl methyl sites for hydroxylation is 1. The van der Waals surface area contributed by atoms with Crippen LogP contribution in [0.2, 0.25) is 0 Å². The molecule has 1 fully saturated rings. The molecule has 7 nitrogen and oxygen atoms in total. The van der Waals surface area contributed by atoms with Gasteiger partial charge in [-0.1, -0.05) is 0 Å². The Balaban J connectivity index is 1.71. The summed E-state index contributed by atoms with van der Waals surface area (Å²) in [6, 6.07) is 1.64. The average Bonchev–Trinajstić information content (AvgIpc) is 2.94. The molecule has 3 rings (SSSR count). The fourth-order valence-electron chi connectivity index (χ4n) is 2.78. The predicted octanol–water partition coefficient (Wildman–Crippen LogP) is 0.763. The van der Waals surface area contributed by atoms with E-state index in [1.165, 1.54) is 4.68 Å². The van der Waals surface area contributed by atoms with E-state index in [1.807, 2.05) is 0 Å². The van der Waals surface area contributed by atoms with Crippen LogP contribution in [0.4, 0.5) is 5.69 Å². The second-order valence-electron chi connectivity index (χ2n) is 5.73. The van der Waals surface area contributed by atoms with Gasteiger partial charge in [0.05, 0.1) is 18.4 Å². The van der Waals surface area contributed by atoms with Gasteiger partial charge >= 0.3 is 0 Å². The molecular weight excluding hydrogens is 282 g/mol. The van der Waals surface area contributed by atoms with Crippen LogP contribution in [0.5, 0.6) is 0 Å². The van der Waals surface area contributed by atoms with Crippen molar-refractivity contribution in [1.82, 2.24) is 14.8 Å². The van der Waals surface area contributed by atoms with Gasteiger partial charge in [-0.2, -0.15) is 5.10 Å². The number of anilines is 1. The lowest BCUT2D eigenvalue weighted by Crippen LogP contribution is -2.37. The molecule has 1 aliphatic heterocycles. The first kappa shape index (κ1) is 14.8. The van der Waals surface area contributed by atoms with Crippen molar-refractivity contribution in [2.75, 3.05) is 24.5 Å². The summed E-state index contributed by atoms with van der Waals surface area (Å²) in [5.41, 5.74) is 7.16. The molecule has 2 N–H and O–H groups in total. The Bertz CT molecular complexity index is 685. The van der Waals surface area contributed by atoms with Gasteiger partial charge in [-0.25, -0.2) is 9.67 Å². The highest BCUT2D eigenvalue weighted by Gasteiger charge is 2.19. The minimum Gasteiger partial charge on any atom is -0.449 e. The maximum atomic E-state index is 12.2. The molecule has 0 aromatic carbocycles. The van der Waals surface area contributed by atoms with E-state index >= 15 is 0 Å². The quantitative estimate of drug-likeness (QED) is 0.897. The molecule has 1 saturated heterocycles. The maximum absolute atomic E-state index is 12.2. The summed E-state index contributed by atoms with van der Waals surface area (Å²) in [4.78, 5) is 18.6. The molecule has 2 aromatic rings. The molecule has 0 spiro atoms. The fraction of sp³-hybridized carbons (Fsp3) is 0.533. The first-order valence-electron chi connectivity index (χ1n) is 7.59. The Morgan fingerprint density at radius 3 is 2.77 bits per heavy atom. The van der Waals surface area contributed by atoms with Crippen molar-refractivity contribution in [3.8, 4) is 0 Å². The van der Waals surface area contributed by atoms with Gasteiger partial charge in [-0.05, 0) is 25.3 Å². The molecule has 0 atom stereocenters. The number of hydrogen-bond donors (Lipinski definition) is 1. The molecule has 7 heteroatoms. The smallest absolute Gasteiger partial charge is 0.269 e. The molecule has 0 bridgehead atoms. The summed E-state index contributed by atoms with van der Waals surface area (Å²) in [7, 11) is 0. The minimum absolute atomic E-state index is 0.126. The summed E-state index contributed by atoms with van der Waals surface area (Å²) in [5.74, 6) is 1.18. The number of piperidine rings is 1. The molecule has 0 unspecified atom stereocenters. The lowest BCUT2D eigenvalue weighted by atomic mass is 9.97. The van der Waals surface area contributed by atoms with Crippen LogP contribution in [0.25, 0.3) is 0 Å². The number of nitrogens with zero attached hydrogens (tertiary/aromatic N) is 4. The molecule has 1 aliphatic rings. The zero-order valence-electron chi connectivity index (χ0n) is 12.7. The molecule has 0 amide bonds. The predicted molar refractivity (Wildman–Crippen MR) is 82.8 cm³/mol. The lowest BCUT2D eigenvalue weighted by molar-refractivity contribution is 0.414. The third-order valence-corrected chi connectivity index (χ3v) is 4.15. The van der Waals surface area contributed by atoms with Crippen molar-refractivity contribution in [2.24, 2.45) is 11.7 Å². The average molecular weight is 303 g/mol. The van der Waals surface area contributed by atoms with Crippen molar-refractivity contribution < 1.29 is 4.42 Å². The summed E-state index contributed by atoms with van der Waals surface area (Å²) < 4.78 is 6.54. The highest BCUT2D eigenvalue weighted by Crippen LogP contribution is 2.20.